The average molecular weight is 423 g/mol. The Balaban J connectivity index is 2.08. The molecule has 0 radical (unpaired) electrons. The number of rotatable bonds is 3. The number of carbonyl (C=O) groups excluding carboxylic acids is 1. The van der Waals surface area contributed by atoms with E-state index >= 15 is 0 Å². The van der Waals surface area contributed by atoms with E-state index in [0.29, 0.717) is 10.9 Å². The Morgan fingerprint density at radius 1 is 1.39 bits per heavy atom. The molecule has 3 unspecified atom stereocenters. The van der Waals surface area contributed by atoms with E-state index in [1.165, 1.54) is 16.6 Å². The lowest BCUT2D eigenvalue weighted by Crippen LogP contribution is -2.48. The van der Waals surface area contributed by atoms with Gasteiger partial charge in [-0.05, 0) is 47.2 Å². The Morgan fingerprint density at radius 2 is 2.09 bits per heavy atom. The average Bonchev–Trinajstić information content (AvgIpc) is 2.90. The number of pyridine rings is 1. The Kier molecular flexibility index (Phi) is 4.70. The van der Waals surface area contributed by atoms with Crippen molar-refractivity contribution in [1.29, 1.82) is 0 Å². The van der Waals surface area contributed by atoms with Crippen LogP contribution in [-0.4, -0.2) is 35.7 Å². The van der Waals surface area contributed by atoms with Crippen LogP contribution in [0.2, 0.25) is 5.15 Å². The molecule has 2 N–H and O–H groups in total. The maximum atomic E-state index is 13.2. The van der Waals surface area contributed by atoms with Gasteiger partial charge < -0.3 is 5.73 Å². The van der Waals surface area contributed by atoms with Gasteiger partial charge in [0.1, 0.15) is 16.1 Å². The number of fused-ring (bicyclic) bond motifs is 1. The number of hydrogen-bond donors (Lipinski definition) is 1. The molecule has 3 atom stereocenters. The second kappa shape index (κ2) is 6.31. The number of carbonyl (C=O) groups is 1. The first kappa shape index (κ1) is 17.1. The van der Waals surface area contributed by atoms with Crippen molar-refractivity contribution in [2.24, 2.45) is 11.7 Å². The van der Waals surface area contributed by atoms with Gasteiger partial charge in [0.25, 0.3) is 0 Å². The maximum Gasteiger partial charge on any atom is 0.247 e. The molecule has 9 heteroatoms. The third kappa shape index (κ3) is 3.01. The molecular formula is C14H17BrClN3O3S. The molecule has 1 saturated heterocycles. The Hall–Kier alpha value is -0.700. The summed E-state index contributed by atoms with van der Waals surface area (Å²) in [7, 11) is -3.95. The predicted molar refractivity (Wildman–Crippen MR) is 89.3 cm³/mol. The molecule has 2 heterocycles. The highest BCUT2D eigenvalue weighted by molar-refractivity contribution is 9.10. The third-order valence-electron chi connectivity index (χ3n) is 4.69. The summed E-state index contributed by atoms with van der Waals surface area (Å²) in [5, 5.41) is -0.101. The molecule has 0 aromatic carbocycles. The van der Waals surface area contributed by atoms with Gasteiger partial charge in [-0.2, -0.15) is 4.31 Å². The molecule has 3 rings (SSSR count). The fourth-order valence-electron chi connectivity index (χ4n) is 3.71. The summed E-state index contributed by atoms with van der Waals surface area (Å²) in [6.07, 6.45) is 5.58. The number of hydrogen-bond acceptors (Lipinski definition) is 4. The van der Waals surface area contributed by atoms with Crippen LogP contribution in [0, 0.1) is 5.92 Å². The lowest BCUT2D eigenvalue weighted by molar-refractivity contribution is -0.121. The van der Waals surface area contributed by atoms with E-state index < -0.39 is 22.0 Å². The molecule has 0 bridgehead atoms. The largest absolute Gasteiger partial charge is 0.368 e. The first-order chi connectivity index (χ1) is 10.8. The van der Waals surface area contributed by atoms with Gasteiger partial charge in [-0.3, -0.25) is 4.79 Å². The molecule has 0 spiro atoms. The van der Waals surface area contributed by atoms with Crippen LogP contribution < -0.4 is 5.73 Å². The number of halogens is 2. The minimum atomic E-state index is -3.95. The van der Waals surface area contributed by atoms with Crippen molar-refractivity contribution in [3.05, 3.63) is 21.9 Å². The minimum absolute atomic E-state index is 0.0917. The standard InChI is InChI=1S/C14H17BrClN3O3S/c15-9-6-12(13(16)18-7-9)23(21,22)19-10-4-2-1-3-8(10)5-11(19)14(17)20/h6-8,10-11H,1-5H2,(H2,17,20). The number of primary amides is 1. The van der Waals surface area contributed by atoms with Crippen molar-refractivity contribution in [3.63, 3.8) is 0 Å². The van der Waals surface area contributed by atoms with Gasteiger partial charge in [0.15, 0.2) is 0 Å². The van der Waals surface area contributed by atoms with Crippen molar-refractivity contribution in [2.75, 3.05) is 0 Å². The van der Waals surface area contributed by atoms with Crippen molar-refractivity contribution < 1.29 is 13.2 Å². The highest BCUT2D eigenvalue weighted by atomic mass is 79.9. The molecule has 1 aromatic rings. The van der Waals surface area contributed by atoms with E-state index in [0.717, 1.165) is 25.7 Å². The van der Waals surface area contributed by atoms with Crippen LogP contribution in [0.1, 0.15) is 32.1 Å². The lowest BCUT2D eigenvalue weighted by atomic mass is 9.85. The number of sulfonamides is 1. The van der Waals surface area contributed by atoms with Crippen LogP contribution in [0.15, 0.2) is 21.6 Å². The number of amides is 1. The molecule has 1 aliphatic heterocycles. The van der Waals surface area contributed by atoms with Crippen LogP contribution in [-0.2, 0) is 14.8 Å². The molecule has 1 amide bonds. The fraction of sp³-hybridized carbons (Fsp3) is 0.571. The van der Waals surface area contributed by atoms with Crippen LogP contribution in [0.5, 0.6) is 0 Å². The van der Waals surface area contributed by atoms with Crippen LogP contribution in [0.4, 0.5) is 0 Å². The smallest absolute Gasteiger partial charge is 0.247 e. The van der Waals surface area contributed by atoms with Crippen molar-refractivity contribution >= 4 is 43.5 Å². The molecule has 23 heavy (non-hydrogen) atoms. The first-order valence-corrected chi connectivity index (χ1v) is 10.1. The summed E-state index contributed by atoms with van der Waals surface area (Å²) in [4.78, 5) is 15.6. The molecular weight excluding hydrogens is 406 g/mol. The molecule has 2 fully saturated rings. The van der Waals surface area contributed by atoms with Gasteiger partial charge in [-0.15, -0.1) is 0 Å². The third-order valence-corrected chi connectivity index (χ3v) is 7.48. The fourth-order valence-corrected chi connectivity index (χ4v) is 6.51. The van der Waals surface area contributed by atoms with E-state index in [-0.39, 0.29) is 22.0 Å². The van der Waals surface area contributed by atoms with Gasteiger partial charge in [0, 0.05) is 16.7 Å². The van der Waals surface area contributed by atoms with E-state index in [1.807, 2.05) is 0 Å². The Labute approximate surface area is 148 Å². The topological polar surface area (TPSA) is 93.4 Å². The highest BCUT2D eigenvalue weighted by Crippen LogP contribution is 2.43. The summed E-state index contributed by atoms with van der Waals surface area (Å²) in [6.45, 7) is 0. The predicted octanol–water partition coefficient (Wildman–Crippen LogP) is 2.30. The summed E-state index contributed by atoms with van der Waals surface area (Å²) in [6, 6.07) is 0.406. The van der Waals surface area contributed by atoms with Crippen LogP contribution >= 0.6 is 27.5 Å². The molecule has 126 valence electrons. The van der Waals surface area contributed by atoms with Gasteiger partial charge in [0.2, 0.25) is 15.9 Å². The maximum absolute atomic E-state index is 13.2. The van der Waals surface area contributed by atoms with Crippen molar-refractivity contribution in [3.8, 4) is 0 Å². The van der Waals surface area contributed by atoms with Gasteiger partial charge >= 0.3 is 0 Å². The van der Waals surface area contributed by atoms with E-state index in [9.17, 15) is 13.2 Å². The summed E-state index contributed by atoms with van der Waals surface area (Å²) >= 11 is 9.22. The Bertz CT molecular complexity index is 743. The summed E-state index contributed by atoms with van der Waals surface area (Å²) in [5.74, 6) is -0.433. The number of aromatic nitrogens is 1. The quantitative estimate of drug-likeness (QED) is 0.756. The molecule has 1 saturated carbocycles. The van der Waals surface area contributed by atoms with E-state index in [1.54, 1.807) is 0 Å². The van der Waals surface area contributed by atoms with Gasteiger partial charge in [-0.25, -0.2) is 13.4 Å². The zero-order chi connectivity index (χ0) is 16.8. The molecule has 1 aromatic heterocycles. The van der Waals surface area contributed by atoms with E-state index in [4.69, 9.17) is 17.3 Å². The zero-order valence-corrected chi connectivity index (χ0v) is 15.4. The highest BCUT2D eigenvalue weighted by Gasteiger charge is 2.50. The molecule has 1 aliphatic carbocycles. The SMILES string of the molecule is NC(=O)C1CC2CCCCC2N1S(=O)(=O)c1cc(Br)cnc1Cl. The van der Waals surface area contributed by atoms with Gasteiger partial charge in [0.05, 0.1) is 0 Å². The number of nitrogens with zero attached hydrogens (tertiary/aromatic N) is 2. The minimum Gasteiger partial charge on any atom is -0.368 e. The van der Waals surface area contributed by atoms with Crippen LogP contribution in [0.25, 0.3) is 0 Å². The summed E-state index contributed by atoms with van der Waals surface area (Å²) in [5.41, 5.74) is 5.48. The van der Waals surface area contributed by atoms with Crippen LogP contribution in [0.3, 0.4) is 0 Å². The Morgan fingerprint density at radius 3 is 2.78 bits per heavy atom. The zero-order valence-electron chi connectivity index (χ0n) is 12.3. The first-order valence-electron chi connectivity index (χ1n) is 7.46. The second-order valence-corrected chi connectivity index (χ2v) is 9.13. The van der Waals surface area contributed by atoms with Gasteiger partial charge in [-0.1, -0.05) is 24.4 Å². The van der Waals surface area contributed by atoms with Crippen molar-refractivity contribution in [2.45, 2.75) is 49.1 Å². The van der Waals surface area contributed by atoms with E-state index in [2.05, 4.69) is 20.9 Å². The number of nitrogens with two attached hydrogens (primary N) is 1. The van der Waals surface area contributed by atoms with Crippen molar-refractivity contribution in [1.82, 2.24) is 9.29 Å². The second-order valence-electron chi connectivity index (χ2n) is 6.04. The molecule has 2 aliphatic rings. The normalized spacial score (nSPS) is 28.5. The monoisotopic (exact) mass is 421 g/mol. The summed E-state index contributed by atoms with van der Waals surface area (Å²) < 4.78 is 28.1. The molecule has 6 nitrogen and oxygen atoms in total. The lowest BCUT2D eigenvalue weighted by Gasteiger charge is -2.32.